The van der Waals surface area contributed by atoms with E-state index in [0.717, 1.165) is 29.5 Å². The largest absolute Gasteiger partial charge is 0.444 e. The molecule has 0 atom stereocenters. The molecule has 6 nitrogen and oxygen atoms in total. The van der Waals surface area contributed by atoms with E-state index in [2.05, 4.69) is 25.6 Å². The number of aromatic nitrogens is 2. The molecule has 2 heterocycles. The lowest BCUT2D eigenvalue weighted by molar-refractivity contribution is 0.571. The third-order valence-corrected chi connectivity index (χ3v) is 3.79. The van der Waals surface area contributed by atoms with Crippen LogP contribution in [0.4, 0.5) is 4.39 Å². The quantitative estimate of drug-likeness (QED) is 0.496. The van der Waals surface area contributed by atoms with Gasteiger partial charge in [0, 0.05) is 31.3 Å². The van der Waals surface area contributed by atoms with Gasteiger partial charge >= 0.3 is 0 Å². The highest BCUT2D eigenvalue weighted by Gasteiger charge is 2.07. The summed E-state index contributed by atoms with van der Waals surface area (Å²) in [4.78, 5) is 13.2. The molecule has 0 saturated carbocycles. The van der Waals surface area contributed by atoms with Crippen molar-refractivity contribution in [3.63, 3.8) is 0 Å². The number of oxazole rings is 1. The highest BCUT2D eigenvalue weighted by Crippen LogP contribution is 2.18. The first kappa shape index (κ1) is 18.6. The van der Waals surface area contributed by atoms with Crippen molar-refractivity contribution in [1.29, 1.82) is 0 Å². The van der Waals surface area contributed by atoms with E-state index in [1.165, 1.54) is 12.1 Å². The van der Waals surface area contributed by atoms with Crippen molar-refractivity contribution in [3.05, 3.63) is 72.1 Å². The van der Waals surface area contributed by atoms with Crippen molar-refractivity contribution in [3.8, 4) is 11.5 Å². The molecule has 27 heavy (non-hydrogen) atoms. The molecule has 3 aromatic rings. The number of hydrogen-bond acceptors (Lipinski definition) is 4. The summed E-state index contributed by atoms with van der Waals surface area (Å²) < 4.78 is 18.5. The molecule has 0 bridgehead atoms. The maximum Gasteiger partial charge on any atom is 0.226 e. The first-order valence-electron chi connectivity index (χ1n) is 8.87. The second kappa shape index (κ2) is 9.47. The Kier molecular flexibility index (Phi) is 6.51. The van der Waals surface area contributed by atoms with Gasteiger partial charge in [0.2, 0.25) is 5.89 Å². The third kappa shape index (κ3) is 5.64. The molecule has 2 N–H and O–H groups in total. The van der Waals surface area contributed by atoms with E-state index in [-0.39, 0.29) is 5.82 Å². The molecule has 0 saturated heterocycles. The standard InChI is InChI=1S/C20H22FN5O/c1-2-22-20(25-13-17-5-3-4-11-23-17)24-12-10-18-14-27-19(26-18)15-6-8-16(21)9-7-15/h3-9,11,14H,2,10,12-13H2,1H3,(H2,22,24,25). The van der Waals surface area contributed by atoms with Gasteiger partial charge in [0.15, 0.2) is 5.96 Å². The third-order valence-electron chi connectivity index (χ3n) is 3.79. The van der Waals surface area contributed by atoms with Crippen LogP contribution in [0.3, 0.4) is 0 Å². The Labute approximate surface area is 157 Å². The lowest BCUT2D eigenvalue weighted by atomic mass is 10.2. The van der Waals surface area contributed by atoms with Crippen LogP contribution in [0.1, 0.15) is 18.3 Å². The highest BCUT2D eigenvalue weighted by molar-refractivity contribution is 5.79. The maximum absolute atomic E-state index is 13.0. The zero-order valence-electron chi connectivity index (χ0n) is 15.2. The van der Waals surface area contributed by atoms with Gasteiger partial charge in [0.05, 0.1) is 17.9 Å². The Morgan fingerprint density at radius 1 is 1.11 bits per heavy atom. The van der Waals surface area contributed by atoms with Crippen molar-refractivity contribution in [1.82, 2.24) is 20.6 Å². The van der Waals surface area contributed by atoms with Gasteiger partial charge in [-0.3, -0.25) is 4.98 Å². The topological polar surface area (TPSA) is 75.3 Å². The van der Waals surface area contributed by atoms with Crippen LogP contribution in [0.15, 0.2) is 64.3 Å². The molecule has 0 aliphatic rings. The molecule has 1 aromatic carbocycles. The number of aliphatic imine (C=N–C) groups is 1. The minimum atomic E-state index is -0.282. The summed E-state index contributed by atoms with van der Waals surface area (Å²) in [5.74, 6) is 0.932. The molecule has 0 aliphatic carbocycles. The van der Waals surface area contributed by atoms with Gasteiger partial charge in [-0.25, -0.2) is 14.4 Å². The summed E-state index contributed by atoms with van der Waals surface area (Å²) in [6, 6.07) is 11.9. The summed E-state index contributed by atoms with van der Waals surface area (Å²) >= 11 is 0. The predicted molar refractivity (Wildman–Crippen MR) is 103 cm³/mol. The van der Waals surface area contributed by atoms with Crippen molar-refractivity contribution < 1.29 is 8.81 Å². The molecule has 0 amide bonds. The number of benzene rings is 1. The Hall–Kier alpha value is -3.22. The van der Waals surface area contributed by atoms with Crippen LogP contribution in [0, 0.1) is 5.82 Å². The number of guanidine groups is 1. The van der Waals surface area contributed by atoms with Gasteiger partial charge < -0.3 is 15.1 Å². The average Bonchev–Trinajstić information content (AvgIpc) is 3.16. The van der Waals surface area contributed by atoms with Crippen molar-refractivity contribution in [2.45, 2.75) is 19.9 Å². The number of pyridine rings is 1. The number of nitrogens with zero attached hydrogens (tertiary/aromatic N) is 3. The number of rotatable bonds is 7. The van der Waals surface area contributed by atoms with Crippen molar-refractivity contribution >= 4 is 5.96 Å². The first-order valence-corrected chi connectivity index (χ1v) is 8.87. The van der Waals surface area contributed by atoms with E-state index >= 15 is 0 Å². The fraction of sp³-hybridized carbons (Fsp3) is 0.250. The molecule has 0 spiro atoms. The Bertz CT molecular complexity index is 862. The van der Waals surface area contributed by atoms with E-state index in [4.69, 9.17) is 4.42 Å². The zero-order valence-corrected chi connectivity index (χ0v) is 15.2. The lowest BCUT2D eigenvalue weighted by Gasteiger charge is -2.10. The Morgan fingerprint density at radius 3 is 2.70 bits per heavy atom. The molecule has 2 aromatic heterocycles. The summed E-state index contributed by atoms with van der Waals surface area (Å²) in [5.41, 5.74) is 2.48. The molecule has 0 radical (unpaired) electrons. The van der Waals surface area contributed by atoms with Gasteiger partial charge in [0.1, 0.15) is 12.1 Å². The van der Waals surface area contributed by atoms with E-state index in [9.17, 15) is 4.39 Å². The number of halogens is 1. The molecule has 0 unspecified atom stereocenters. The van der Waals surface area contributed by atoms with Gasteiger partial charge in [-0.05, 0) is 43.3 Å². The maximum atomic E-state index is 13.0. The molecular formula is C20H22FN5O. The highest BCUT2D eigenvalue weighted by atomic mass is 19.1. The van der Waals surface area contributed by atoms with E-state index in [1.54, 1.807) is 24.6 Å². The minimum absolute atomic E-state index is 0.282. The van der Waals surface area contributed by atoms with Crippen LogP contribution < -0.4 is 10.6 Å². The Morgan fingerprint density at radius 2 is 1.96 bits per heavy atom. The summed E-state index contributed by atoms with van der Waals surface area (Å²) in [6.45, 7) is 3.95. The first-order chi connectivity index (χ1) is 13.2. The SMILES string of the molecule is CCNC(=NCc1ccccn1)NCCc1coc(-c2ccc(F)cc2)n1. The molecular weight excluding hydrogens is 345 g/mol. The fourth-order valence-corrected chi connectivity index (χ4v) is 2.45. The van der Waals surface area contributed by atoms with Gasteiger partial charge in [-0.2, -0.15) is 0 Å². The Balaban J connectivity index is 1.53. The lowest BCUT2D eigenvalue weighted by Crippen LogP contribution is -2.38. The van der Waals surface area contributed by atoms with Gasteiger partial charge in [0.25, 0.3) is 0 Å². The molecule has 7 heteroatoms. The molecule has 0 aliphatic heterocycles. The second-order valence-electron chi connectivity index (χ2n) is 5.84. The number of hydrogen-bond donors (Lipinski definition) is 2. The minimum Gasteiger partial charge on any atom is -0.444 e. The van der Waals surface area contributed by atoms with Crippen molar-refractivity contribution in [2.24, 2.45) is 4.99 Å². The zero-order chi connectivity index (χ0) is 18.9. The van der Waals surface area contributed by atoms with Gasteiger partial charge in [-0.15, -0.1) is 0 Å². The normalized spacial score (nSPS) is 11.4. The van der Waals surface area contributed by atoms with Crippen molar-refractivity contribution in [2.75, 3.05) is 13.1 Å². The molecule has 0 fully saturated rings. The average molecular weight is 367 g/mol. The summed E-state index contributed by atoms with van der Waals surface area (Å²) in [6.07, 6.45) is 4.06. The number of nitrogens with one attached hydrogen (secondary N) is 2. The summed E-state index contributed by atoms with van der Waals surface area (Å²) in [5, 5.41) is 6.48. The van der Waals surface area contributed by atoms with E-state index in [0.29, 0.717) is 25.4 Å². The van der Waals surface area contributed by atoms with Crippen LogP contribution in [-0.4, -0.2) is 29.0 Å². The predicted octanol–water partition coefficient (Wildman–Crippen LogP) is 3.17. The monoisotopic (exact) mass is 367 g/mol. The van der Waals surface area contributed by atoms with Gasteiger partial charge in [-0.1, -0.05) is 6.07 Å². The smallest absolute Gasteiger partial charge is 0.226 e. The van der Waals surface area contributed by atoms with Crippen LogP contribution >= 0.6 is 0 Å². The van der Waals surface area contributed by atoms with E-state index in [1.807, 2.05) is 25.1 Å². The second-order valence-corrected chi connectivity index (χ2v) is 5.84. The van der Waals surface area contributed by atoms with Crippen LogP contribution in [-0.2, 0) is 13.0 Å². The molecule has 140 valence electrons. The summed E-state index contributed by atoms with van der Waals surface area (Å²) in [7, 11) is 0. The van der Waals surface area contributed by atoms with E-state index < -0.39 is 0 Å². The van der Waals surface area contributed by atoms with Crippen LogP contribution in [0.25, 0.3) is 11.5 Å². The van der Waals surface area contributed by atoms with Crippen LogP contribution in [0.5, 0.6) is 0 Å². The van der Waals surface area contributed by atoms with Crippen LogP contribution in [0.2, 0.25) is 0 Å². The molecule has 3 rings (SSSR count). The fourth-order valence-electron chi connectivity index (χ4n) is 2.45.